The Kier molecular flexibility index (Phi) is 7.03. The van der Waals surface area contributed by atoms with Gasteiger partial charge in [0.15, 0.2) is 0 Å². The van der Waals surface area contributed by atoms with Crippen molar-refractivity contribution in [2.45, 2.75) is 32.2 Å². The normalized spacial score (nSPS) is 18.5. The fourth-order valence-electron chi connectivity index (χ4n) is 3.66. The van der Waals surface area contributed by atoms with Crippen LogP contribution in [0.3, 0.4) is 0 Å². The van der Waals surface area contributed by atoms with Crippen LogP contribution in [0.1, 0.15) is 48.9 Å². The van der Waals surface area contributed by atoms with Gasteiger partial charge in [-0.3, -0.25) is 9.69 Å². The summed E-state index contributed by atoms with van der Waals surface area (Å²) in [5.74, 6) is 0.480. The molecule has 2 aromatic carbocycles. The first kappa shape index (κ1) is 19.5. The second-order valence-electron chi connectivity index (χ2n) is 6.41. The van der Waals surface area contributed by atoms with Crippen LogP contribution >= 0.6 is 12.4 Å². The van der Waals surface area contributed by atoms with Crippen LogP contribution in [0.2, 0.25) is 0 Å². The van der Waals surface area contributed by atoms with Crippen molar-refractivity contribution >= 4 is 18.3 Å². The Hall–Kier alpha value is -1.84. The molecule has 0 radical (unpaired) electrons. The summed E-state index contributed by atoms with van der Waals surface area (Å²) in [7, 11) is 0. The summed E-state index contributed by atoms with van der Waals surface area (Å²) in [5, 5.41) is 3.25. The topological polar surface area (TPSA) is 32.3 Å². The molecule has 1 aliphatic carbocycles. The van der Waals surface area contributed by atoms with E-state index in [0.717, 1.165) is 19.5 Å². The maximum absolute atomic E-state index is 12.4. The van der Waals surface area contributed by atoms with Gasteiger partial charge < -0.3 is 5.32 Å². The van der Waals surface area contributed by atoms with Crippen LogP contribution in [0, 0.1) is 0 Å². The summed E-state index contributed by atoms with van der Waals surface area (Å²) in [6.45, 7) is 6.46. The van der Waals surface area contributed by atoms with Gasteiger partial charge in [0.2, 0.25) is 5.91 Å². The van der Waals surface area contributed by atoms with Crippen LogP contribution < -0.4 is 5.32 Å². The Bertz CT molecular complexity index is 685. The van der Waals surface area contributed by atoms with Gasteiger partial charge in [-0.2, -0.15) is 0 Å². The minimum Gasteiger partial charge on any atom is -0.348 e. The van der Waals surface area contributed by atoms with Crippen LogP contribution in [0.5, 0.6) is 0 Å². The van der Waals surface area contributed by atoms with Gasteiger partial charge in [-0.05, 0) is 36.2 Å². The number of rotatable bonds is 6. The molecule has 3 rings (SSSR count). The van der Waals surface area contributed by atoms with E-state index in [0.29, 0.717) is 12.5 Å². The third-order valence-corrected chi connectivity index (χ3v) is 5.02. The van der Waals surface area contributed by atoms with Crippen molar-refractivity contribution in [1.82, 2.24) is 10.2 Å². The third-order valence-electron chi connectivity index (χ3n) is 5.02. The molecule has 0 fully saturated rings. The fourth-order valence-corrected chi connectivity index (χ4v) is 3.66. The van der Waals surface area contributed by atoms with E-state index < -0.39 is 0 Å². The number of nitrogens with one attached hydrogen (secondary N) is 1. The van der Waals surface area contributed by atoms with E-state index in [1.165, 1.54) is 16.7 Å². The molecule has 0 aliphatic heterocycles. The zero-order valence-electron chi connectivity index (χ0n) is 14.9. The molecule has 0 saturated carbocycles. The molecule has 0 heterocycles. The Labute approximate surface area is 156 Å². The lowest BCUT2D eigenvalue weighted by Gasteiger charge is -2.20. The molecule has 1 aliphatic rings. The molecule has 1 N–H and O–H groups in total. The number of hydrogen-bond acceptors (Lipinski definition) is 2. The number of benzene rings is 2. The lowest BCUT2D eigenvalue weighted by Crippen LogP contribution is -2.38. The van der Waals surface area contributed by atoms with E-state index in [-0.39, 0.29) is 24.4 Å². The molecule has 134 valence electrons. The van der Waals surface area contributed by atoms with Gasteiger partial charge in [0.05, 0.1) is 12.6 Å². The molecule has 3 nitrogen and oxygen atoms in total. The van der Waals surface area contributed by atoms with E-state index in [2.05, 4.69) is 72.6 Å². The van der Waals surface area contributed by atoms with Crippen molar-refractivity contribution < 1.29 is 4.79 Å². The van der Waals surface area contributed by atoms with Crippen molar-refractivity contribution in [3.05, 3.63) is 71.3 Å². The average molecular weight is 359 g/mol. The quantitative estimate of drug-likeness (QED) is 0.841. The molecule has 0 aromatic heterocycles. The van der Waals surface area contributed by atoms with Gasteiger partial charge in [-0.15, -0.1) is 12.4 Å². The summed E-state index contributed by atoms with van der Waals surface area (Å²) in [4.78, 5) is 14.6. The molecule has 0 spiro atoms. The highest BCUT2D eigenvalue weighted by atomic mass is 35.5. The molecule has 2 unspecified atom stereocenters. The molecule has 25 heavy (non-hydrogen) atoms. The molecule has 0 saturated heterocycles. The van der Waals surface area contributed by atoms with E-state index >= 15 is 0 Å². The van der Waals surface area contributed by atoms with Crippen LogP contribution in [-0.4, -0.2) is 30.4 Å². The van der Waals surface area contributed by atoms with Gasteiger partial charge in [0.25, 0.3) is 0 Å². The van der Waals surface area contributed by atoms with Gasteiger partial charge >= 0.3 is 0 Å². The van der Waals surface area contributed by atoms with Crippen molar-refractivity contribution in [2.24, 2.45) is 0 Å². The predicted octanol–water partition coefficient (Wildman–Crippen LogP) is 4.14. The van der Waals surface area contributed by atoms with Crippen LogP contribution in [-0.2, 0) is 4.79 Å². The zero-order valence-corrected chi connectivity index (χ0v) is 15.8. The highest BCUT2D eigenvalue weighted by Crippen LogP contribution is 2.43. The third kappa shape index (κ3) is 4.42. The van der Waals surface area contributed by atoms with Gasteiger partial charge in [-0.1, -0.05) is 68.4 Å². The van der Waals surface area contributed by atoms with E-state index in [4.69, 9.17) is 0 Å². The number of halogens is 1. The van der Waals surface area contributed by atoms with Crippen molar-refractivity contribution in [2.75, 3.05) is 19.6 Å². The standard InChI is InChI=1S/C21H26N2O.ClH/c1-3-23(4-2)15-21(24)22-20-14-19(16-10-6-5-7-11-16)17-12-8-9-13-18(17)20;/h5-13,19-20H,3-4,14-15H2,1-2H3,(H,22,24);1H. The van der Waals surface area contributed by atoms with Crippen molar-refractivity contribution in [1.29, 1.82) is 0 Å². The summed E-state index contributed by atoms with van der Waals surface area (Å²) < 4.78 is 0. The summed E-state index contributed by atoms with van der Waals surface area (Å²) >= 11 is 0. The van der Waals surface area contributed by atoms with Gasteiger partial charge in [0.1, 0.15) is 0 Å². The Morgan fingerprint density at radius 3 is 2.24 bits per heavy atom. The second kappa shape index (κ2) is 9.02. The SMILES string of the molecule is CCN(CC)CC(=O)NC1CC(c2ccccc2)c2ccccc21.Cl. The maximum Gasteiger partial charge on any atom is 0.234 e. The first-order valence-corrected chi connectivity index (χ1v) is 8.88. The minimum absolute atomic E-state index is 0. The number of carbonyl (C=O) groups excluding carboxylic acids is 1. The molecule has 1 amide bonds. The highest BCUT2D eigenvalue weighted by molar-refractivity contribution is 5.85. The smallest absolute Gasteiger partial charge is 0.234 e. The fraction of sp³-hybridized carbons (Fsp3) is 0.381. The van der Waals surface area contributed by atoms with Gasteiger partial charge in [-0.25, -0.2) is 0 Å². The van der Waals surface area contributed by atoms with Crippen molar-refractivity contribution in [3.8, 4) is 0 Å². The van der Waals surface area contributed by atoms with E-state index in [1.54, 1.807) is 0 Å². The first-order chi connectivity index (χ1) is 11.7. The van der Waals surface area contributed by atoms with Crippen LogP contribution in [0.25, 0.3) is 0 Å². The Morgan fingerprint density at radius 2 is 1.60 bits per heavy atom. The lowest BCUT2D eigenvalue weighted by atomic mass is 9.93. The summed E-state index contributed by atoms with van der Waals surface area (Å²) in [5.41, 5.74) is 3.93. The van der Waals surface area contributed by atoms with Crippen molar-refractivity contribution in [3.63, 3.8) is 0 Å². The number of nitrogens with zero attached hydrogens (tertiary/aromatic N) is 1. The average Bonchev–Trinajstić information content (AvgIpc) is 2.99. The number of carbonyl (C=O) groups is 1. The van der Waals surface area contributed by atoms with Gasteiger partial charge in [0, 0.05) is 5.92 Å². The molecular formula is C21H27ClN2O. The minimum atomic E-state index is 0. The predicted molar refractivity (Wildman–Crippen MR) is 105 cm³/mol. The number of hydrogen-bond donors (Lipinski definition) is 1. The Morgan fingerprint density at radius 1 is 1.00 bits per heavy atom. The molecule has 0 bridgehead atoms. The maximum atomic E-state index is 12.4. The molecule has 2 atom stereocenters. The summed E-state index contributed by atoms with van der Waals surface area (Å²) in [6.07, 6.45) is 0.938. The highest BCUT2D eigenvalue weighted by Gasteiger charge is 2.32. The summed E-state index contributed by atoms with van der Waals surface area (Å²) in [6, 6.07) is 19.2. The Balaban J connectivity index is 0.00000225. The number of amides is 1. The largest absolute Gasteiger partial charge is 0.348 e. The first-order valence-electron chi connectivity index (χ1n) is 8.88. The monoisotopic (exact) mass is 358 g/mol. The van der Waals surface area contributed by atoms with E-state index in [9.17, 15) is 4.79 Å². The molecular weight excluding hydrogens is 332 g/mol. The second-order valence-corrected chi connectivity index (χ2v) is 6.41. The molecule has 2 aromatic rings. The van der Waals surface area contributed by atoms with E-state index in [1.807, 2.05) is 6.07 Å². The van der Waals surface area contributed by atoms with Crippen LogP contribution in [0.15, 0.2) is 54.6 Å². The van der Waals surface area contributed by atoms with Crippen LogP contribution in [0.4, 0.5) is 0 Å². The lowest BCUT2D eigenvalue weighted by molar-refractivity contribution is -0.122. The zero-order chi connectivity index (χ0) is 16.9. The molecule has 4 heteroatoms. The number of fused-ring (bicyclic) bond motifs is 1. The number of likely N-dealkylation sites (N-methyl/N-ethyl adjacent to an activating group) is 1.